The Bertz CT molecular complexity index is 619. The van der Waals surface area contributed by atoms with Gasteiger partial charge in [0.05, 0.1) is 16.7 Å². The van der Waals surface area contributed by atoms with Crippen LogP contribution in [0, 0.1) is 12.8 Å². The molecule has 2 aromatic heterocycles. The predicted molar refractivity (Wildman–Crippen MR) is 88.4 cm³/mol. The van der Waals surface area contributed by atoms with Crippen molar-refractivity contribution in [1.82, 2.24) is 20.4 Å². The maximum Gasteiger partial charge on any atom is 0.244 e. The van der Waals surface area contributed by atoms with Crippen LogP contribution < -0.4 is 5.32 Å². The van der Waals surface area contributed by atoms with Gasteiger partial charge in [-0.2, -0.15) is 4.98 Å². The lowest BCUT2D eigenvalue weighted by molar-refractivity contribution is 0.0485. The van der Waals surface area contributed by atoms with Gasteiger partial charge in [-0.3, -0.25) is 5.32 Å². The third kappa shape index (κ3) is 4.16. The van der Waals surface area contributed by atoms with E-state index >= 15 is 0 Å². The highest BCUT2D eigenvalue weighted by atomic mass is 32.1. The maximum atomic E-state index is 5.55. The number of ether oxygens (including phenoxy) is 1. The second-order valence-corrected chi connectivity index (χ2v) is 7.37. The summed E-state index contributed by atoms with van der Waals surface area (Å²) in [6.45, 7) is 8.48. The van der Waals surface area contributed by atoms with Gasteiger partial charge in [-0.1, -0.05) is 19.0 Å². The Morgan fingerprint density at radius 3 is 2.70 bits per heavy atom. The van der Waals surface area contributed by atoms with E-state index in [0.29, 0.717) is 18.4 Å². The molecule has 2 aromatic rings. The Kier molecular flexibility index (Phi) is 5.40. The van der Waals surface area contributed by atoms with E-state index in [1.165, 1.54) is 0 Å². The molecule has 0 unspecified atom stereocenters. The zero-order chi connectivity index (χ0) is 16.2. The molecule has 0 spiro atoms. The standard InChI is InChI=1S/C16H24N4O2S/c1-10(2)15-19-16(22-20-15)14(12-4-6-21-7-5-12)17-8-13-9-23-11(3)18-13/h9-10,12,14,17H,4-8H2,1-3H3/t14-/m1/s1. The molecule has 1 fully saturated rings. The van der Waals surface area contributed by atoms with Crippen LogP contribution in [0.15, 0.2) is 9.90 Å². The molecule has 6 nitrogen and oxygen atoms in total. The van der Waals surface area contributed by atoms with Crippen molar-refractivity contribution >= 4 is 11.3 Å². The van der Waals surface area contributed by atoms with E-state index in [0.717, 1.165) is 42.6 Å². The molecule has 0 bridgehead atoms. The number of aromatic nitrogens is 3. The summed E-state index contributed by atoms with van der Waals surface area (Å²) in [6.07, 6.45) is 2.01. The second kappa shape index (κ2) is 7.51. The van der Waals surface area contributed by atoms with Gasteiger partial charge in [0.1, 0.15) is 0 Å². The van der Waals surface area contributed by atoms with Gasteiger partial charge in [0.25, 0.3) is 0 Å². The summed E-state index contributed by atoms with van der Waals surface area (Å²) in [5.74, 6) is 2.17. The van der Waals surface area contributed by atoms with E-state index in [2.05, 4.69) is 39.7 Å². The van der Waals surface area contributed by atoms with Crippen molar-refractivity contribution < 1.29 is 9.26 Å². The van der Waals surface area contributed by atoms with Gasteiger partial charge in [-0.25, -0.2) is 4.98 Å². The van der Waals surface area contributed by atoms with Crippen LogP contribution in [0.3, 0.4) is 0 Å². The molecule has 1 N–H and O–H groups in total. The van der Waals surface area contributed by atoms with Crippen molar-refractivity contribution in [3.63, 3.8) is 0 Å². The quantitative estimate of drug-likeness (QED) is 0.873. The molecule has 7 heteroatoms. The number of rotatable bonds is 6. The maximum absolute atomic E-state index is 5.55. The predicted octanol–water partition coefficient (Wildman–Crippen LogP) is 3.22. The van der Waals surface area contributed by atoms with Gasteiger partial charge in [0.15, 0.2) is 5.82 Å². The Labute approximate surface area is 140 Å². The molecule has 0 amide bonds. The van der Waals surface area contributed by atoms with E-state index < -0.39 is 0 Å². The van der Waals surface area contributed by atoms with Crippen LogP contribution >= 0.6 is 11.3 Å². The molecule has 1 aliphatic rings. The van der Waals surface area contributed by atoms with Crippen molar-refractivity contribution in [3.8, 4) is 0 Å². The first-order valence-corrected chi connectivity index (χ1v) is 9.07. The molecular weight excluding hydrogens is 312 g/mol. The average molecular weight is 336 g/mol. The summed E-state index contributed by atoms with van der Waals surface area (Å²) < 4.78 is 11.0. The molecule has 1 atom stereocenters. The van der Waals surface area contributed by atoms with Crippen LogP contribution in [0.1, 0.15) is 61.1 Å². The van der Waals surface area contributed by atoms with E-state index in [1.54, 1.807) is 11.3 Å². The fourth-order valence-corrected chi connectivity index (χ4v) is 3.43. The minimum Gasteiger partial charge on any atom is -0.381 e. The van der Waals surface area contributed by atoms with Gasteiger partial charge in [-0.05, 0) is 25.7 Å². The first kappa shape index (κ1) is 16.5. The minimum absolute atomic E-state index is 0.0564. The highest BCUT2D eigenvalue weighted by Crippen LogP contribution is 2.30. The van der Waals surface area contributed by atoms with Gasteiger partial charge in [-0.15, -0.1) is 11.3 Å². The normalized spacial score (nSPS) is 17.7. The van der Waals surface area contributed by atoms with E-state index in [4.69, 9.17) is 9.26 Å². The Balaban J connectivity index is 1.74. The van der Waals surface area contributed by atoms with Crippen LogP contribution in [0.5, 0.6) is 0 Å². The molecular formula is C16H24N4O2S. The smallest absolute Gasteiger partial charge is 0.244 e. The second-order valence-electron chi connectivity index (χ2n) is 6.31. The fraction of sp³-hybridized carbons (Fsp3) is 0.688. The zero-order valence-electron chi connectivity index (χ0n) is 13.9. The lowest BCUT2D eigenvalue weighted by Gasteiger charge is -2.28. The summed E-state index contributed by atoms with van der Waals surface area (Å²) in [7, 11) is 0. The van der Waals surface area contributed by atoms with Gasteiger partial charge >= 0.3 is 0 Å². The van der Waals surface area contributed by atoms with Crippen molar-refractivity contribution in [1.29, 1.82) is 0 Å². The summed E-state index contributed by atoms with van der Waals surface area (Å²) in [4.78, 5) is 9.12. The highest BCUT2D eigenvalue weighted by Gasteiger charge is 2.30. The van der Waals surface area contributed by atoms with Crippen molar-refractivity contribution in [2.75, 3.05) is 13.2 Å². The minimum atomic E-state index is 0.0564. The first-order valence-electron chi connectivity index (χ1n) is 8.19. The summed E-state index contributed by atoms with van der Waals surface area (Å²) in [5, 5.41) is 10.9. The Morgan fingerprint density at radius 2 is 2.09 bits per heavy atom. The van der Waals surface area contributed by atoms with E-state index in [9.17, 15) is 0 Å². The largest absolute Gasteiger partial charge is 0.381 e. The molecule has 0 radical (unpaired) electrons. The molecule has 0 aliphatic carbocycles. The molecule has 1 saturated heterocycles. The number of hydrogen-bond acceptors (Lipinski definition) is 7. The molecule has 1 aliphatic heterocycles. The van der Waals surface area contributed by atoms with Crippen LogP contribution in [-0.4, -0.2) is 28.3 Å². The zero-order valence-corrected chi connectivity index (χ0v) is 14.7. The van der Waals surface area contributed by atoms with Crippen LogP contribution in [0.25, 0.3) is 0 Å². The van der Waals surface area contributed by atoms with Crippen molar-refractivity contribution in [2.24, 2.45) is 5.92 Å². The number of nitrogens with one attached hydrogen (secondary N) is 1. The van der Waals surface area contributed by atoms with Crippen LogP contribution in [-0.2, 0) is 11.3 Å². The number of thiazole rings is 1. The number of aryl methyl sites for hydroxylation is 1. The highest BCUT2D eigenvalue weighted by molar-refractivity contribution is 7.09. The first-order chi connectivity index (χ1) is 11.1. The monoisotopic (exact) mass is 336 g/mol. The molecule has 0 aromatic carbocycles. The lowest BCUT2D eigenvalue weighted by atomic mass is 9.91. The molecule has 0 saturated carbocycles. The summed E-state index contributed by atoms with van der Waals surface area (Å²) >= 11 is 1.67. The summed E-state index contributed by atoms with van der Waals surface area (Å²) in [5.41, 5.74) is 1.06. The van der Waals surface area contributed by atoms with Gasteiger partial charge in [0.2, 0.25) is 5.89 Å². The Hall–Kier alpha value is -1.31. The van der Waals surface area contributed by atoms with Crippen LogP contribution in [0.2, 0.25) is 0 Å². The molecule has 3 heterocycles. The van der Waals surface area contributed by atoms with Crippen molar-refractivity contribution in [3.05, 3.63) is 27.8 Å². The number of hydrogen-bond donors (Lipinski definition) is 1. The fourth-order valence-electron chi connectivity index (χ4n) is 2.82. The summed E-state index contributed by atoms with van der Waals surface area (Å²) in [6, 6.07) is 0.0564. The topological polar surface area (TPSA) is 73.1 Å². The molecule has 3 rings (SSSR count). The van der Waals surface area contributed by atoms with Gasteiger partial charge in [0, 0.05) is 31.1 Å². The average Bonchev–Trinajstić information content (AvgIpc) is 3.18. The Morgan fingerprint density at radius 1 is 1.30 bits per heavy atom. The SMILES string of the molecule is Cc1nc(CN[C@@H](c2nc(C(C)C)no2)C2CCOCC2)cs1. The molecule has 126 valence electrons. The van der Waals surface area contributed by atoms with Crippen molar-refractivity contribution in [2.45, 2.75) is 52.1 Å². The third-order valence-electron chi connectivity index (χ3n) is 4.15. The third-order valence-corrected chi connectivity index (χ3v) is 4.97. The van der Waals surface area contributed by atoms with E-state index in [-0.39, 0.29) is 12.0 Å². The van der Waals surface area contributed by atoms with E-state index in [1.807, 2.05) is 6.92 Å². The number of nitrogens with zero attached hydrogens (tertiary/aromatic N) is 3. The lowest BCUT2D eigenvalue weighted by Crippen LogP contribution is -2.32. The van der Waals surface area contributed by atoms with Crippen LogP contribution in [0.4, 0.5) is 0 Å². The molecule has 23 heavy (non-hydrogen) atoms. The van der Waals surface area contributed by atoms with Gasteiger partial charge < -0.3 is 9.26 Å².